The van der Waals surface area contributed by atoms with Crippen molar-refractivity contribution in [2.24, 2.45) is 0 Å². The third-order valence-electron chi connectivity index (χ3n) is 2.13. The summed E-state index contributed by atoms with van der Waals surface area (Å²) < 4.78 is 0. The number of hydrogen-bond donors (Lipinski definition) is 1. The Morgan fingerprint density at radius 1 is 1.25 bits per heavy atom. The monoisotopic (exact) mass is 232 g/mol. The van der Waals surface area contributed by atoms with E-state index >= 15 is 0 Å². The van der Waals surface area contributed by atoms with Crippen molar-refractivity contribution in [3.8, 4) is 11.3 Å². The number of nitrogens with one attached hydrogen (secondary N) is 1. The van der Waals surface area contributed by atoms with Gasteiger partial charge >= 0.3 is 0 Å². The summed E-state index contributed by atoms with van der Waals surface area (Å²) in [6, 6.07) is 11.1. The van der Waals surface area contributed by atoms with Crippen molar-refractivity contribution in [1.29, 1.82) is 0 Å². The minimum Gasteiger partial charge on any atom is -0.268 e. The Hall–Kier alpha value is -1.87. The van der Waals surface area contributed by atoms with Crippen LogP contribution in [0.2, 0.25) is 0 Å². The normalized spacial score (nSPS) is 10.8. The lowest BCUT2D eigenvalue weighted by Crippen LogP contribution is -2.08. The van der Waals surface area contributed by atoms with Crippen molar-refractivity contribution < 1.29 is 0 Å². The lowest BCUT2D eigenvalue weighted by Gasteiger charge is -2.03. The SMILES string of the molecule is O=c1cc(/C=C\Cl)c(-c2ccccc2)n[nH]1. The summed E-state index contributed by atoms with van der Waals surface area (Å²) in [5.41, 5.74) is 3.46. The van der Waals surface area contributed by atoms with Crippen LogP contribution in [0, 0.1) is 0 Å². The highest BCUT2D eigenvalue weighted by Gasteiger charge is 2.04. The average molecular weight is 233 g/mol. The number of aromatic nitrogens is 2. The predicted molar refractivity (Wildman–Crippen MR) is 65.2 cm³/mol. The molecule has 0 aliphatic rings. The maximum Gasteiger partial charge on any atom is 0.264 e. The highest BCUT2D eigenvalue weighted by Crippen LogP contribution is 2.20. The maximum atomic E-state index is 11.2. The van der Waals surface area contributed by atoms with Crippen LogP contribution >= 0.6 is 11.6 Å². The van der Waals surface area contributed by atoms with Crippen LogP contribution in [0.4, 0.5) is 0 Å². The summed E-state index contributed by atoms with van der Waals surface area (Å²) in [6.45, 7) is 0. The number of H-pyrrole nitrogens is 1. The Bertz CT molecular complexity index is 561. The van der Waals surface area contributed by atoms with E-state index in [1.54, 1.807) is 6.08 Å². The Balaban J connectivity index is 2.61. The second kappa shape index (κ2) is 4.77. The molecule has 80 valence electrons. The van der Waals surface area contributed by atoms with Crippen LogP contribution < -0.4 is 5.56 Å². The molecule has 1 aromatic carbocycles. The van der Waals surface area contributed by atoms with Gasteiger partial charge in [0.1, 0.15) is 0 Å². The van der Waals surface area contributed by atoms with E-state index < -0.39 is 0 Å². The van der Waals surface area contributed by atoms with Crippen LogP contribution in [0.15, 0.2) is 46.7 Å². The molecule has 0 spiro atoms. The molecule has 0 aliphatic carbocycles. The van der Waals surface area contributed by atoms with Gasteiger partial charge in [-0.25, -0.2) is 5.10 Å². The molecule has 1 heterocycles. The number of aromatic amines is 1. The molecule has 0 bridgehead atoms. The van der Waals surface area contributed by atoms with Gasteiger partial charge in [-0.1, -0.05) is 41.9 Å². The molecule has 1 aromatic heterocycles. The Morgan fingerprint density at radius 2 is 2.00 bits per heavy atom. The lowest BCUT2D eigenvalue weighted by molar-refractivity contribution is 0.992. The average Bonchev–Trinajstić information content (AvgIpc) is 2.31. The molecule has 2 aromatic rings. The van der Waals surface area contributed by atoms with Gasteiger partial charge in [-0.2, -0.15) is 5.10 Å². The smallest absolute Gasteiger partial charge is 0.264 e. The molecule has 3 nitrogen and oxygen atoms in total. The molecule has 0 saturated heterocycles. The summed E-state index contributed by atoms with van der Waals surface area (Å²) in [4.78, 5) is 11.2. The van der Waals surface area contributed by atoms with Crippen LogP contribution in [0.3, 0.4) is 0 Å². The van der Waals surface area contributed by atoms with Crippen molar-refractivity contribution in [1.82, 2.24) is 10.2 Å². The molecule has 1 N–H and O–H groups in total. The van der Waals surface area contributed by atoms with Crippen molar-refractivity contribution in [3.63, 3.8) is 0 Å². The van der Waals surface area contributed by atoms with Crippen LogP contribution in [0.1, 0.15) is 5.56 Å². The highest BCUT2D eigenvalue weighted by molar-refractivity contribution is 6.27. The number of benzene rings is 1. The number of nitrogens with zero attached hydrogens (tertiary/aromatic N) is 1. The first-order valence-corrected chi connectivity index (χ1v) is 5.17. The van der Waals surface area contributed by atoms with E-state index in [-0.39, 0.29) is 5.56 Å². The zero-order valence-electron chi connectivity index (χ0n) is 8.35. The molecule has 4 heteroatoms. The van der Waals surface area contributed by atoms with Crippen molar-refractivity contribution in [2.75, 3.05) is 0 Å². The fourth-order valence-corrected chi connectivity index (χ4v) is 1.58. The van der Waals surface area contributed by atoms with Crippen LogP contribution in [-0.4, -0.2) is 10.2 Å². The van der Waals surface area contributed by atoms with Gasteiger partial charge in [0.25, 0.3) is 5.56 Å². The summed E-state index contributed by atoms with van der Waals surface area (Å²) in [7, 11) is 0. The zero-order valence-corrected chi connectivity index (χ0v) is 9.11. The van der Waals surface area contributed by atoms with E-state index in [4.69, 9.17) is 11.6 Å². The van der Waals surface area contributed by atoms with Crippen LogP contribution in [-0.2, 0) is 0 Å². The first-order chi connectivity index (χ1) is 7.81. The number of halogens is 1. The van der Waals surface area contributed by atoms with Gasteiger partial charge in [-0.3, -0.25) is 4.79 Å². The molecule has 0 radical (unpaired) electrons. The van der Waals surface area contributed by atoms with Crippen molar-refractivity contribution in [2.45, 2.75) is 0 Å². The predicted octanol–water partition coefficient (Wildman–Crippen LogP) is 2.65. The highest BCUT2D eigenvalue weighted by atomic mass is 35.5. The first-order valence-electron chi connectivity index (χ1n) is 4.73. The molecule has 16 heavy (non-hydrogen) atoms. The second-order valence-electron chi connectivity index (χ2n) is 3.19. The fraction of sp³-hybridized carbons (Fsp3) is 0. The van der Waals surface area contributed by atoms with E-state index in [2.05, 4.69) is 10.2 Å². The topological polar surface area (TPSA) is 45.8 Å². The van der Waals surface area contributed by atoms with Crippen molar-refractivity contribution in [3.05, 3.63) is 57.9 Å². The summed E-state index contributed by atoms with van der Waals surface area (Å²) in [6.07, 6.45) is 1.64. The molecular weight excluding hydrogens is 224 g/mol. The van der Waals surface area contributed by atoms with Gasteiger partial charge in [0, 0.05) is 22.7 Å². The summed E-state index contributed by atoms with van der Waals surface area (Å²) in [5.74, 6) is 0. The lowest BCUT2D eigenvalue weighted by atomic mass is 10.1. The Morgan fingerprint density at radius 3 is 2.69 bits per heavy atom. The standard InChI is InChI=1S/C12H9ClN2O/c13-7-6-10-8-11(16)14-15-12(10)9-4-2-1-3-5-9/h1-8H,(H,14,16)/b7-6-. The quantitative estimate of drug-likeness (QED) is 0.865. The molecule has 0 unspecified atom stereocenters. The fourth-order valence-electron chi connectivity index (χ4n) is 1.44. The van der Waals surface area contributed by atoms with E-state index in [0.29, 0.717) is 11.3 Å². The van der Waals surface area contributed by atoms with Gasteiger partial charge in [0.05, 0.1) is 5.69 Å². The third kappa shape index (κ3) is 2.20. The summed E-state index contributed by atoms with van der Waals surface area (Å²) >= 11 is 5.53. The van der Waals surface area contributed by atoms with Gasteiger partial charge < -0.3 is 0 Å². The van der Waals surface area contributed by atoms with Crippen LogP contribution in [0.25, 0.3) is 17.3 Å². The van der Waals surface area contributed by atoms with Gasteiger partial charge in [0.15, 0.2) is 0 Å². The molecule has 0 saturated carbocycles. The first kappa shape index (κ1) is 10.6. The molecule has 0 atom stereocenters. The zero-order chi connectivity index (χ0) is 11.4. The van der Waals surface area contributed by atoms with E-state index in [1.165, 1.54) is 11.6 Å². The third-order valence-corrected chi connectivity index (χ3v) is 2.25. The van der Waals surface area contributed by atoms with Crippen LogP contribution in [0.5, 0.6) is 0 Å². The minimum atomic E-state index is -0.246. The van der Waals surface area contributed by atoms with E-state index in [0.717, 1.165) is 5.56 Å². The number of hydrogen-bond acceptors (Lipinski definition) is 2. The maximum absolute atomic E-state index is 11.2. The molecule has 0 fully saturated rings. The largest absolute Gasteiger partial charge is 0.268 e. The van der Waals surface area contributed by atoms with E-state index in [9.17, 15) is 4.79 Å². The second-order valence-corrected chi connectivity index (χ2v) is 3.45. The Labute approximate surface area is 97.4 Å². The molecule has 2 rings (SSSR count). The van der Waals surface area contributed by atoms with Gasteiger partial charge in [-0.15, -0.1) is 0 Å². The number of rotatable bonds is 2. The van der Waals surface area contributed by atoms with E-state index in [1.807, 2.05) is 30.3 Å². The molecule has 0 aliphatic heterocycles. The Kier molecular flexibility index (Phi) is 3.17. The minimum absolute atomic E-state index is 0.246. The van der Waals surface area contributed by atoms with Gasteiger partial charge in [0.2, 0.25) is 0 Å². The molecule has 0 amide bonds. The molecular formula is C12H9ClN2O. The van der Waals surface area contributed by atoms with Crippen molar-refractivity contribution >= 4 is 17.7 Å². The summed E-state index contributed by atoms with van der Waals surface area (Å²) in [5, 5.41) is 6.43. The van der Waals surface area contributed by atoms with Gasteiger partial charge in [-0.05, 0) is 6.08 Å².